The van der Waals surface area contributed by atoms with E-state index in [9.17, 15) is 10.2 Å². The Bertz CT molecular complexity index is 532. The minimum Gasteiger partial charge on any atom is -0.396 e. The summed E-state index contributed by atoms with van der Waals surface area (Å²) in [5.74, 6) is 3.08. The Kier molecular flexibility index (Phi) is 2.45. The molecule has 6 rings (SSSR count). The van der Waals surface area contributed by atoms with Crippen LogP contribution in [0.5, 0.6) is 0 Å². The van der Waals surface area contributed by atoms with Crippen LogP contribution in [-0.2, 0) is 0 Å². The van der Waals surface area contributed by atoms with E-state index < -0.39 is 0 Å². The second kappa shape index (κ2) is 3.77. The van der Waals surface area contributed by atoms with Crippen molar-refractivity contribution in [2.24, 2.45) is 45.3 Å². The first-order valence-electron chi connectivity index (χ1n) is 9.59. The van der Waals surface area contributed by atoms with Gasteiger partial charge in [-0.2, -0.15) is 0 Å². The Hall–Kier alpha value is -0.0800. The smallest absolute Gasteiger partial charge is 0.0602 e. The van der Waals surface area contributed by atoms with Crippen LogP contribution >= 0.6 is 0 Å². The molecule has 0 radical (unpaired) electrons. The molecule has 0 heterocycles. The van der Waals surface area contributed by atoms with Crippen molar-refractivity contribution in [1.82, 2.24) is 0 Å². The lowest BCUT2D eigenvalue weighted by atomic mass is 9.39. The average Bonchev–Trinajstić information content (AvgIpc) is 2.93. The lowest BCUT2D eigenvalue weighted by Crippen LogP contribution is -2.63. The van der Waals surface area contributed by atoms with E-state index >= 15 is 0 Å². The minimum absolute atomic E-state index is 0.0308. The Morgan fingerprint density at radius 3 is 2.36 bits per heavy atom. The van der Waals surface area contributed by atoms with Gasteiger partial charge < -0.3 is 10.2 Å². The average molecular weight is 304 g/mol. The number of aliphatic hydroxyl groups excluding tert-OH is 2. The lowest BCUT2D eigenvalue weighted by Gasteiger charge is -2.67. The fourth-order valence-electron chi connectivity index (χ4n) is 8.83. The van der Waals surface area contributed by atoms with Crippen molar-refractivity contribution in [3.8, 4) is 0 Å². The fourth-order valence-corrected chi connectivity index (χ4v) is 8.83. The van der Waals surface area contributed by atoms with E-state index in [1.54, 1.807) is 0 Å². The van der Waals surface area contributed by atoms with Crippen LogP contribution in [0, 0.1) is 45.3 Å². The molecule has 0 aromatic carbocycles. The summed E-state index contributed by atoms with van der Waals surface area (Å²) < 4.78 is 0. The third kappa shape index (κ3) is 1.30. The lowest BCUT2D eigenvalue weighted by molar-refractivity contribution is -0.218. The molecule has 0 aliphatic heterocycles. The van der Waals surface area contributed by atoms with Crippen molar-refractivity contribution < 1.29 is 10.2 Å². The van der Waals surface area contributed by atoms with Crippen molar-refractivity contribution in [2.75, 3.05) is 6.61 Å². The fraction of sp³-hybridized carbons (Fsp3) is 1.00. The summed E-state index contributed by atoms with van der Waals surface area (Å²) in [5, 5.41) is 21.3. The summed E-state index contributed by atoms with van der Waals surface area (Å²) in [4.78, 5) is 0. The topological polar surface area (TPSA) is 40.5 Å². The second-order valence-corrected chi connectivity index (χ2v) is 10.6. The summed E-state index contributed by atoms with van der Waals surface area (Å²) in [7, 11) is 0. The quantitative estimate of drug-likeness (QED) is 0.777. The molecule has 1 spiro atoms. The van der Waals surface area contributed by atoms with Crippen LogP contribution in [-0.4, -0.2) is 22.9 Å². The van der Waals surface area contributed by atoms with Crippen LogP contribution in [0.25, 0.3) is 0 Å². The van der Waals surface area contributed by atoms with Crippen LogP contribution in [0.3, 0.4) is 0 Å². The molecule has 0 aromatic rings. The molecule has 2 N–H and O–H groups in total. The van der Waals surface area contributed by atoms with E-state index in [0.29, 0.717) is 29.3 Å². The van der Waals surface area contributed by atoms with Crippen LogP contribution in [0.2, 0.25) is 0 Å². The molecule has 9 unspecified atom stereocenters. The zero-order valence-electron chi connectivity index (χ0n) is 14.4. The van der Waals surface area contributed by atoms with Crippen LogP contribution < -0.4 is 0 Å². The van der Waals surface area contributed by atoms with Gasteiger partial charge in [-0.05, 0) is 78.4 Å². The molecular weight excluding hydrogens is 272 g/mol. The molecule has 9 atom stereocenters. The monoisotopic (exact) mass is 304 g/mol. The van der Waals surface area contributed by atoms with Gasteiger partial charge in [-0.15, -0.1) is 0 Å². The summed E-state index contributed by atoms with van der Waals surface area (Å²) in [5.41, 5.74) is 1.19. The number of hydrogen-bond acceptors (Lipinski definition) is 2. The van der Waals surface area contributed by atoms with E-state index in [-0.39, 0.29) is 16.9 Å². The van der Waals surface area contributed by atoms with Gasteiger partial charge in [0.15, 0.2) is 0 Å². The van der Waals surface area contributed by atoms with Gasteiger partial charge in [0.05, 0.1) is 6.10 Å². The maximum absolute atomic E-state index is 11.2. The van der Waals surface area contributed by atoms with Crippen LogP contribution in [0.15, 0.2) is 0 Å². The van der Waals surface area contributed by atoms with E-state index in [2.05, 4.69) is 20.8 Å². The number of aliphatic hydroxyl groups is 2. The van der Waals surface area contributed by atoms with E-state index in [0.717, 1.165) is 24.7 Å². The molecule has 0 saturated heterocycles. The Labute approximate surface area is 134 Å². The highest BCUT2D eigenvalue weighted by Gasteiger charge is 2.80. The predicted octanol–water partition coefficient (Wildman–Crippen LogP) is 3.61. The third-order valence-corrected chi connectivity index (χ3v) is 9.94. The summed E-state index contributed by atoms with van der Waals surface area (Å²) in [6.45, 7) is 7.60. The molecule has 2 heteroatoms. The highest BCUT2D eigenvalue weighted by atomic mass is 16.3. The Morgan fingerprint density at radius 1 is 0.955 bits per heavy atom. The highest BCUT2D eigenvalue weighted by molar-refractivity contribution is 5.28. The first-order valence-corrected chi connectivity index (χ1v) is 9.59. The molecular formula is C20H32O2. The molecule has 6 aliphatic rings. The Morgan fingerprint density at radius 2 is 1.73 bits per heavy atom. The van der Waals surface area contributed by atoms with E-state index in [1.165, 1.54) is 32.1 Å². The molecule has 2 nitrogen and oxygen atoms in total. The van der Waals surface area contributed by atoms with Gasteiger partial charge in [-0.25, -0.2) is 0 Å². The standard InChI is InChI=1S/C20H32O2/c1-17(11-21)5-4-6-18(2)14(17)8-16(22)20-9-13-12(7-15(18)20)19(13,3)10-20/h12-16,21-22H,4-11H2,1-3H3. The molecule has 22 heavy (non-hydrogen) atoms. The third-order valence-electron chi connectivity index (χ3n) is 9.94. The Balaban J connectivity index is 1.59. The van der Waals surface area contributed by atoms with Gasteiger partial charge in [0.2, 0.25) is 0 Å². The summed E-state index contributed by atoms with van der Waals surface area (Å²) >= 11 is 0. The summed E-state index contributed by atoms with van der Waals surface area (Å²) in [6.07, 6.45) is 8.51. The molecule has 0 amide bonds. The second-order valence-electron chi connectivity index (χ2n) is 10.6. The van der Waals surface area contributed by atoms with Crippen molar-refractivity contribution >= 4 is 0 Å². The van der Waals surface area contributed by atoms with Crippen LogP contribution in [0.1, 0.15) is 65.7 Å². The van der Waals surface area contributed by atoms with Crippen molar-refractivity contribution in [3.05, 3.63) is 0 Å². The molecule has 0 aromatic heterocycles. The predicted molar refractivity (Wildman–Crippen MR) is 86.1 cm³/mol. The molecule has 6 fully saturated rings. The van der Waals surface area contributed by atoms with E-state index in [4.69, 9.17) is 0 Å². The van der Waals surface area contributed by atoms with Gasteiger partial charge in [0, 0.05) is 12.0 Å². The molecule has 6 aliphatic carbocycles. The normalized spacial score (nSPS) is 68.3. The first-order chi connectivity index (χ1) is 10.3. The largest absolute Gasteiger partial charge is 0.396 e. The van der Waals surface area contributed by atoms with Crippen molar-refractivity contribution in [3.63, 3.8) is 0 Å². The number of hydrogen-bond donors (Lipinski definition) is 2. The van der Waals surface area contributed by atoms with Gasteiger partial charge in [-0.1, -0.05) is 27.2 Å². The maximum Gasteiger partial charge on any atom is 0.0602 e. The van der Waals surface area contributed by atoms with Gasteiger partial charge in [-0.3, -0.25) is 0 Å². The van der Waals surface area contributed by atoms with Gasteiger partial charge in [0.1, 0.15) is 0 Å². The van der Waals surface area contributed by atoms with Gasteiger partial charge >= 0.3 is 0 Å². The SMILES string of the molecule is CC1(CO)CCCC2(C)C1CC(O)C13CC4C(CC21)C4(C)C3. The minimum atomic E-state index is -0.120. The molecule has 6 saturated carbocycles. The zero-order valence-corrected chi connectivity index (χ0v) is 14.4. The first kappa shape index (κ1) is 14.3. The number of rotatable bonds is 1. The number of fused-ring (bicyclic) bond motifs is 1. The van der Waals surface area contributed by atoms with Crippen molar-refractivity contribution in [1.29, 1.82) is 0 Å². The van der Waals surface area contributed by atoms with Crippen molar-refractivity contribution in [2.45, 2.75) is 71.8 Å². The zero-order chi connectivity index (χ0) is 15.5. The maximum atomic E-state index is 11.2. The highest BCUT2D eigenvalue weighted by Crippen LogP contribution is 2.85. The van der Waals surface area contributed by atoms with Gasteiger partial charge in [0.25, 0.3) is 0 Å². The molecule has 124 valence electrons. The van der Waals surface area contributed by atoms with Crippen LogP contribution in [0.4, 0.5) is 0 Å². The van der Waals surface area contributed by atoms with E-state index in [1.807, 2.05) is 0 Å². The summed E-state index contributed by atoms with van der Waals surface area (Å²) in [6, 6.07) is 0. The molecule has 4 bridgehead atoms.